The molecule has 0 saturated carbocycles. The van der Waals surface area contributed by atoms with E-state index in [0.29, 0.717) is 22.7 Å². The minimum Gasteiger partial charge on any atom is -0.457 e. The minimum atomic E-state index is -0.457. The molecule has 3 rings (SSSR count). The second kappa shape index (κ2) is 5.73. The highest BCUT2D eigenvalue weighted by atomic mass is 16.6. The zero-order chi connectivity index (χ0) is 16.4. The van der Waals surface area contributed by atoms with Crippen molar-refractivity contribution in [1.29, 1.82) is 0 Å². The van der Waals surface area contributed by atoms with Crippen LogP contribution in [0.2, 0.25) is 0 Å². The summed E-state index contributed by atoms with van der Waals surface area (Å²) in [4.78, 5) is 17.9. The molecule has 0 aliphatic rings. The molecule has 0 unspecified atom stereocenters. The molecule has 0 spiro atoms. The van der Waals surface area contributed by atoms with Gasteiger partial charge in [0.05, 0.1) is 17.0 Å². The second-order valence-corrected chi connectivity index (χ2v) is 4.93. The van der Waals surface area contributed by atoms with Crippen LogP contribution in [0.4, 0.5) is 11.4 Å². The number of nitro benzene ring substituents is 1. The topological polar surface area (TPSA) is 69.6 Å². The largest absolute Gasteiger partial charge is 0.457 e. The number of aryl methyl sites for hydroxylation is 1. The van der Waals surface area contributed by atoms with Crippen LogP contribution in [0.5, 0.6) is 11.5 Å². The Morgan fingerprint density at radius 2 is 1.96 bits per heavy atom. The van der Waals surface area contributed by atoms with Gasteiger partial charge in [-0.1, -0.05) is 6.07 Å². The molecule has 112 valence electrons. The van der Waals surface area contributed by atoms with Gasteiger partial charge in [0.1, 0.15) is 11.5 Å². The van der Waals surface area contributed by atoms with Crippen LogP contribution >= 0.6 is 0 Å². The summed E-state index contributed by atoms with van der Waals surface area (Å²) in [6.07, 6.45) is 1.60. The van der Waals surface area contributed by atoms with Crippen LogP contribution in [0, 0.1) is 23.6 Å². The van der Waals surface area contributed by atoms with Crippen LogP contribution in [0.3, 0.4) is 0 Å². The standard InChI is InChI=1S/C17H11N3O3/c1-11-9-14-16(10-15(11)18-2)19-8-7-17(14)23-13-5-3-12(4-6-13)20(21)22/h3-10H,1H3. The van der Waals surface area contributed by atoms with Gasteiger partial charge >= 0.3 is 0 Å². The van der Waals surface area contributed by atoms with E-state index in [-0.39, 0.29) is 5.69 Å². The summed E-state index contributed by atoms with van der Waals surface area (Å²) in [5.74, 6) is 1.08. The third-order valence-electron chi connectivity index (χ3n) is 3.42. The van der Waals surface area contributed by atoms with Crippen molar-refractivity contribution >= 4 is 22.3 Å². The molecule has 6 nitrogen and oxygen atoms in total. The van der Waals surface area contributed by atoms with E-state index in [9.17, 15) is 10.1 Å². The second-order valence-electron chi connectivity index (χ2n) is 4.93. The highest BCUT2D eigenvalue weighted by Crippen LogP contribution is 2.33. The van der Waals surface area contributed by atoms with Crippen LogP contribution in [0.1, 0.15) is 5.56 Å². The molecule has 0 radical (unpaired) electrons. The summed E-state index contributed by atoms with van der Waals surface area (Å²) < 4.78 is 5.81. The summed E-state index contributed by atoms with van der Waals surface area (Å²) in [6.45, 7) is 9.02. The highest BCUT2D eigenvalue weighted by molar-refractivity contribution is 5.89. The van der Waals surface area contributed by atoms with E-state index in [2.05, 4.69) is 9.83 Å². The smallest absolute Gasteiger partial charge is 0.269 e. The zero-order valence-electron chi connectivity index (χ0n) is 12.2. The monoisotopic (exact) mass is 305 g/mol. The molecule has 0 bridgehead atoms. The van der Waals surface area contributed by atoms with Crippen molar-refractivity contribution < 1.29 is 9.66 Å². The zero-order valence-corrected chi connectivity index (χ0v) is 12.2. The van der Waals surface area contributed by atoms with Gasteiger partial charge in [-0.05, 0) is 36.8 Å². The molecule has 0 fully saturated rings. The predicted octanol–water partition coefficient (Wildman–Crippen LogP) is 4.79. The van der Waals surface area contributed by atoms with Gasteiger partial charge in [0.25, 0.3) is 5.69 Å². The van der Waals surface area contributed by atoms with Crippen LogP contribution in [-0.4, -0.2) is 9.91 Å². The van der Waals surface area contributed by atoms with Crippen molar-refractivity contribution in [3.8, 4) is 11.5 Å². The summed E-state index contributed by atoms with van der Waals surface area (Å²) >= 11 is 0. The molecule has 0 atom stereocenters. The lowest BCUT2D eigenvalue weighted by Gasteiger charge is -2.09. The number of hydrogen-bond donors (Lipinski definition) is 0. The first-order valence-electron chi connectivity index (χ1n) is 6.77. The Kier molecular flexibility index (Phi) is 3.61. The van der Waals surface area contributed by atoms with Crippen molar-refractivity contribution in [3.05, 3.63) is 75.8 Å². The number of hydrogen-bond acceptors (Lipinski definition) is 4. The minimum absolute atomic E-state index is 0.00878. The molecule has 23 heavy (non-hydrogen) atoms. The Morgan fingerprint density at radius 1 is 1.22 bits per heavy atom. The summed E-state index contributed by atoms with van der Waals surface area (Å²) in [7, 11) is 0. The number of non-ortho nitro benzene ring substituents is 1. The van der Waals surface area contributed by atoms with E-state index in [1.807, 2.05) is 13.0 Å². The molecule has 0 saturated heterocycles. The maximum atomic E-state index is 10.7. The van der Waals surface area contributed by atoms with Crippen LogP contribution < -0.4 is 4.74 Å². The molecule has 6 heteroatoms. The molecule has 1 heterocycles. The number of nitro groups is 1. The summed E-state index contributed by atoms with van der Waals surface area (Å²) in [5, 5.41) is 11.5. The van der Waals surface area contributed by atoms with Crippen molar-refractivity contribution in [1.82, 2.24) is 4.98 Å². The Hall–Kier alpha value is -3.46. The maximum Gasteiger partial charge on any atom is 0.269 e. The van der Waals surface area contributed by atoms with Gasteiger partial charge in [-0.3, -0.25) is 15.1 Å². The Labute approximate surface area is 131 Å². The molecule has 2 aromatic carbocycles. The van der Waals surface area contributed by atoms with Crippen molar-refractivity contribution in [2.75, 3.05) is 0 Å². The van der Waals surface area contributed by atoms with Gasteiger partial charge in [0, 0.05) is 23.7 Å². The van der Waals surface area contributed by atoms with E-state index >= 15 is 0 Å². The van der Waals surface area contributed by atoms with Crippen LogP contribution in [0.15, 0.2) is 48.7 Å². The fraction of sp³-hybridized carbons (Fsp3) is 0.0588. The van der Waals surface area contributed by atoms with E-state index in [1.165, 1.54) is 12.1 Å². The Bertz CT molecular complexity index is 944. The number of nitrogens with zero attached hydrogens (tertiary/aromatic N) is 3. The number of benzene rings is 2. The van der Waals surface area contributed by atoms with Gasteiger partial charge in [-0.15, -0.1) is 0 Å². The summed E-state index contributed by atoms with van der Waals surface area (Å²) in [5.41, 5.74) is 2.07. The number of fused-ring (bicyclic) bond motifs is 1. The fourth-order valence-electron chi connectivity index (χ4n) is 2.24. The van der Waals surface area contributed by atoms with Crippen molar-refractivity contribution in [3.63, 3.8) is 0 Å². The van der Waals surface area contributed by atoms with E-state index in [4.69, 9.17) is 11.3 Å². The SMILES string of the molecule is [C-]#[N+]c1cc2nccc(Oc3ccc([N+](=O)[O-])cc3)c2cc1C. The van der Waals surface area contributed by atoms with Gasteiger partial charge < -0.3 is 4.74 Å². The third kappa shape index (κ3) is 2.80. The quantitative estimate of drug-likeness (QED) is 0.396. The van der Waals surface area contributed by atoms with E-state index in [1.54, 1.807) is 30.5 Å². The molecule has 0 N–H and O–H groups in total. The molecule has 0 amide bonds. The molecule has 0 aliphatic heterocycles. The normalized spacial score (nSPS) is 10.3. The number of rotatable bonds is 3. The van der Waals surface area contributed by atoms with Gasteiger partial charge in [0.2, 0.25) is 0 Å². The molecular formula is C17H11N3O3. The fourth-order valence-corrected chi connectivity index (χ4v) is 2.24. The number of ether oxygens (including phenoxy) is 1. The van der Waals surface area contributed by atoms with Gasteiger partial charge in [-0.25, -0.2) is 4.85 Å². The van der Waals surface area contributed by atoms with E-state index in [0.717, 1.165) is 10.9 Å². The molecular weight excluding hydrogens is 294 g/mol. The summed E-state index contributed by atoms with van der Waals surface area (Å²) in [6, 6.07) is 11.2. The molecule has 3 aromatic rings. The lowest BCUT2D eigenvalue weighted by Crippen LogP contribution is -1.90. The van der Waals surface area contributed by atoms with Gasteiger partial charge in [0.15, 0.2) is 5.69 Å². The van der Waals surface area contributed by atoms with E-state index < -0.39 is 4.92 Å². The average Bonchev–Trinajstić information content (AvgIpc) is 2.55. The molecule has 0 aliphatic carbocycles. The molecule has 1 aromatic heterocycles. The van der Waals surface area contributed by atoms with Crippen LogP contribution in [-0.2, 0) is 0 Å². The van der Waals surface area contributed by atoms with Crippen molar-refractivity contribution in [2.45, 2.75) is 6.92 Å². The highest BCUT2D eigenvalue weighted by Gasteiger charge is 2.09. The van der Waals surface area contributed by atoms with Crippen LogP contribution in [0.25, 0.3) is 15.7 Å². The predicted molar refractivity (Wildman–Crippen MR) is 85.9 cm³/mol. The lowest BCUT2D eigenvalue weighted by molar-refractivity contribution is -0.384. The first kappa shape index (κ1) is 14.5. The first-order chi connectivity index (χ1) is 11.1. The number of aromatic nitrogens is 1. The third-order valence-corrected chi connectivity index (χ3v) is 3.42. The lowest BCUT2D eigenvalue weighted by atomic mass is 10.1. The average molecular weight is 305 g/mol. The Balaban J connectivity index is 2.01. The maximum absolute atomic E-state index is 10.7. The number of pyridine rings is 1. The van der Waals surface area contributed by atoms with Gasteiger partial charge in [-0.2, -0.15) is 0 Å². The van der Waals surface area contributed by atoms with Crippen molar-refractivity contribution in [2.24, 2.45) is 0 Å². The Morgan fingerprint density at radius 3 is 2.61 bits per heavy atom. The first-order valence-corrected chi connectivity index (χ1v) is 6.77.